The molecule has 180 valence electrons. The Labute approximate surface area is 202 Å². The molecular formula is C30H36O4. The van der Waals surface area contributed by atoms with Gasteiger partial charge in [0.15, 0.2) is 17.3 Å². The van der Waals surface area contributed by atoms with Crippen LogP contribution in [0.25, 0.3) is 5.57 Å². The van der Waals surface area contributed by atoms with Gasteiger partial charge in [-0.05, 0) is 99.6 Å². The van der Waals surface area contributed by atoms with E-state index < -0.39 is 16.2 Å². The third-order valence-electron chi connectivity index (χ3n) is 9.13. The minimum Gasteiger partial charge on any atom is -0.511 e. The number of hydrogen-bond acceptors (Lipinski definition) is 4. The lowest BCUT2D eigenvalue weighted by Crippen LogP contribution is -2.56. The molecule has 4 heteroatoms. The van der Waals surface area contributed by atoms with Crippen molar-refractivity contribution in [3.05, 3.63) is 62.9 Å². The van der Waals surface area contributed by atoms with E-state index in [1.165, 1.54) is 12.5 Å². The quantitative estimate of drug-likeness (QED) is 0.416. The molecule has 0 radical (unpaired) electrons. The largest absolute Gasteiger partial charge is 0.511 e. The van der Waals surface area contributed by atoms with E-state index in [2.05, 4.69) is 27.4 Å². The van der Waals surface area contributed by atoms with Gasteiger partial charge in [-0.25, -0.2) is 0 Å². The fourth-order valence-electron chi connectivity index (χ4n) is 7.50. The maximum absolute atomic E-state index is 13.8. The number of benzene rings is 1. The Bertz CT molecular complexity index is 1270. The molecule has 0 heterocycles. The van der Waals surface area contributed by atoms with E-state index in [0.29, 0.717) is 36.0 Å². The monoisotopic (exact) mass is 460 g/mol. The van der Waals surface area contributed by atoms with Crippen molar-refractivity contribution in [2.75, 3.05) is 0 Å². The molecule has 3 aliphatic rings. The Morgan fingerprint density at radius 1 is 1.09 bits per heavy atom. The molecule has 1 N–H and O–H groups in total. The Balaban J connectivity index is 2.05. The second-order valence-corrected chi connectivity index (χ2v) is 11.5. The first-order valence-corrected chi connectivity index (χ1v) is 12.2. The molecule has 3 atom stereocenters. The first kappa shape index (κ1) is 24.4. The summed E-state index contributed by atoms with van der Waals surface area (Å²) in [5.74, 6) is -0.493. The number of aryl methyl sites for hydroxylation is 1. The van der Waals surface area contributed by atoms with Crippen molar-refractivity contribution in [1.29, 1.82) is 0 Å². The second-order valence-electron chi connectivity index (χ2n) is 11.5. The molecule has 1 aromatic carbocycles. The number of rotatable bonds is 3. The topological polar surface area (TPSA) is 71.4 Å². The predicted molar refractivity (Wildman–Crippen MR) is 135 cm³/mol. The van der Waals surface area contributed by atoms with Crippen LogP contribution in [0.2, 0.25) is 0 Å². The highest BCUT2D eigenvalue weighted by Gasteiger charge is 2.64. The van der Waals surface area contributed by atoms with Crippen molar-refractivity contribution < 1.29 is 19.5 Å². The Morgan fingerprint density at radius 2 is 1.71 bits per heavy atom. The molecule has 0 saturated heterocycles. The summed E-state index contributed by atoms with van der Waals surface area (Å²) in [5.41, 5.74) is 5.10. The van der Waals surface area contributed by atoms with Crippen molar-refractivity contribution in [3.63, 3.8) is 0 Å². The van der Waals surface area contributed by atoms with Crippen LogP contribution in [0.5, 0.6) is 0 Å². The number of fused-ring (bicyclic) bond motifs is 3. The van der Waals surface area contributed by atoms with Crippen LogP contribution < -0.4 is 0 Å². The predicted octanol–water partition coefficient (Wildman–Crippen LogP) is 6.44. The van der Waals surface area contributed by atoms with Gasteiger partial charge in [-0.3, -0.25) is 14.4 Å². The van der Waals surface area contributed by atoms with Gasteiger partial charge in [-0.1, -0.05) is 32.9 Å². The molecular weight excluding hydrogens is 424 g/mol. The third kappa shape index (κ3) is 2.87. The highest BCUT2D eigenvalue weighted by Crippen LogP contribution is 2.67. The van der Waals surface area contributed by atoms with Crippen LogP contribution in [0.15, 0.2) is 35.1 Å². The van der Waals surface area contributed by atoms with Crippen molar-refractivity contribution >= 4 is 22.9 Å². The molecule has 1 aromatic rings. The highest BCUT2D eigenvalue weighted by atomic mass is 16.3. The third-order valence-corrected chi connectivity index (χ3v) is 9.13. The maximum Gasteiger partial charge on any atom is 0.180 e. The van der Waals surface area contributed by atoms with E-state index in [9.17, 15) is 19.5 Å². The Kier molecular flexibility index (Phi) is 5.29. The minimum absolute atomic E-state index is 0.00619. The summed E-state index contributed by atoms with van der Waals surface area (Å²) in [4.78, 5) is 38.7. The van der Waals surface area contributed by atoms with Gasteiger partial charge in [0.25, 0.3) is 0 Å². The van der Waals surface area contributed by atoms with Crippen molar-refractivity contribution in [1.82, 2.24) is 0 Å². The second kappa shape index (κ2) is 7.37. The van der Waals surface area contributed by atoms with E-state index in [4.69, 9.17) is 0 Å². The average molecular weight is 461 g/mol. The molecule has 0 aromatic heterocycles. The first-order chi connectivity index (χ1) is 15.6. The van der Waals surface area contributed by atoms with E-state index >= 15 is 0 Å². The van der Waals surface area contributed by atoms with Gasteiger partial charge in [-0.2, -0.15) is 0 Å². The van der Waals surface area contributed by atoms with Crippen molar-refractivity contribution in [2.24, 2.45) is 16.2 Å². The van der Waals surface area contributed by atoms with Crippen LogP contribution in [-0.4, -0.2) is 22.5 Å². The number of hydrogen-bond donors (Lipinski definition) is 1. The molecule has 34 heavy (non-hydrogen) atoms. The fraction of sp³-hybridized carbons (Fsp3) is 0.500. The summed E-state index contributed by atoms with van der Waals surface area (Å²) < 4.78 is 0. The normalized spacial score (nSPS) is 30.7. The zero-order valence-corrected chi connectivity index (χ0v) is 21.8. The standard InChI is InChI=1S/C30H36O4/c1-10-20-11-21(18(5)31)16(3)24-17(4)25-27(34)30(9)26(33)23(19(6)32)15(2)12-29(30,8)14-28(25,7)13-22(20)24/h11,34H,4,10,12-14H2,1-3,5-9H3/t28-,29+,30-/m1/s1. The van der Waals surface area contributed by atoms with Crippen LogP contribution in [0, 0.1) is 23.2 Å². The number of aliphatic hydroxyl groups is 1. The van der Waals surface area contributed by atoms with Crippen molar-refractivity contribution in [2.45, 2.75) is 81.1 Å². The van der Waals surface area contributed by atoms with Gasteiger partial charge in [0.2, 0.25) is 0 Å². The van der Waals surface area contributed by atoms with Crippen LogP contribution in [0.4, 0.5) is 0 Å². The van der Waals surface area contributed by atoms with Gasteiger partial charge in [-0.15, -0.1) is 0 Å². The van der Waals surface area contributed by atoms with Crippen LogP contribution >= 0.6 is 0 Å². The molecule has 0 saturated carbocycles. The summed E-state index contributed by atoms with van der Waals surface area (Å²) >= 11 is 0. The number of Topliss-reactive ketones (excluding diaryl/α,β-unsaturated/α-hetero) is 3. The van der Waals surface area contributed by atoms with E-state index in [1.807, 2.05) is 19.9 Å². The van der Waals surface area contributed by atoms with E-state index in [-0.39, 0.29) is 28.7 Å². The van der Waals surface area contributed by atoms with Gasteiger partial charge in [0.05, 0.1) is 11.0 Å². The molecule has 0 unspecified atom stereocenters. The first-order valence-electron chi connectivity index (χ1n) is 12.2. The summed E-state index contributed by atoms with van der Waals surface area (Å²) in [6.07, 6.45) is 2.79. The SMILES string of the molecule is C=C1C2=C(O)[C@@]3(C)C(=O)C(C(C)=O)=C(C)C[C@@]3(C)C[C@@]2(C)Cc2c(CC)cc(C(C)=O)c(C)c21. The molecule has 0 bridgehead atoms. The smallest absolute Gasteiger partial charge is 0.180 e. The molecule has 0 spiro atoms. The lowest BCUT2D eigenvalue weighted by molar-refractivity contribution is -0.137. The number of carbonyl (C=O) groups excluding carboxylic acids is 3. The lowest BCUT2D eigenvalue weighted by atomic mass is 9.44. The Morgan fingerprint density at radius 3 is 2.24 bits per heavy atom. The van der Waals surface area contributed by atoms with Gasteiger partial charge >= 0.3 is 0 Å². The molecule has 0 aliphatic heterocycles. The summed E-state index contributed by atoms with van der Waals surface area (Å²) in [5, 5.41) is 11.9. The fourth-order valence-corrected chi connectivity index (χ4v) is 7.50. The van der Waals surface area contributed by atoms with Crippen LogP contribution in [0.1, 0.15) is 93.9 Å². The van der Waals surface area contributed by atoms with E-state index in [0.717, 1.165) is 28.7 Å². The van der Waals surface area contributed by atoms with Gasteiger partial charge < -0.3 is 5.11 Å². The highest BCUT2D eigenvalue weighted by molar-refractivity contribution is 6.23. The zero-order chi connectivity index (χ0) is 25.5. The molecule has 4 rings (SSSR count). The van der Waals surface area contributed by atoms with Gasteiger partial charge in [0.1, 0.15) is 5.76 Å². The number of ketones is 3. The number of allylic oxidation sites excluding steroid dienone is 5. The number of carbonyl (C=O) groups is 3. The summed E-state index contributed by atoms with van der Waals surface area (Å²) in [7, 11) is 0. The lowest BCUT2D eigenvalue weighted by Gasteiger charge is -2.58. The summed E-state index contributed by atoms with van der Waals surface area (Å²) in [6.45, 7) is 19.4. The Hall–Kier alpha value is -2.75. The maximum atomic E-state index is 13.8. The molecule has 3 aliphatic carbocycles. The molecule has 0 amide bonds. The van der Waals surface area contributed by atoms with Crippen LogP contribution in [-0.2, 0) is 22.4 Å². The van der Waals surface area contributed by atoms with Gasteiger partial charge in [0, 0.05) is 16.6 Å². The molecule has 0 fully saturated rings. The van der Waals surface area contributed by atoms with Crippen molar-refractivity contribution in [3.8, 4) is 0 Å². The number of aliphatic hydroxyl groups excluding tert-OH is 1. The van der Waals surface area contributed by atoms with Crippen LogP contribution in [0.3, 0.4) is 0 Å². The molecule has 4 nitrogen and oxygen atoms in total. The zero-order valence-electron chi connectivity index (χ0n) is 21.8. The average Bonchev–Trinajstić information content (AvgIpc) is 2.70. The minimum atomic E-state index is -1.21. The summed E-state index contributed by atoms with van der Waals surface area (Å²) in [6, 6.07) is 2.02. The van der Waals surface area contributed by atoms with E-state index in [1.54, 1.807) is 13.8 Å².